The summed E-state index contributed by atoms with van der Waals surface area (Å²) in [5, 5.41) is 3.35. The molecular formula is C13H15NO3. The Labute approximate surface area is 100 Å². The lowest BCUT2D eigenvalue weighted by Gasteiger charge is -2.20. The SMILES string of the molecule is C1=COC(CNc2ccc3c(c2)OCO3)CC1. The van der Waals surface area contributed by atoms with E-state index < -0.39 is 0 Å². The lowest BCUT2D eigenvalue weighted by molar-refractivity contribution is 0.135. The largest absolute Gasteiger partial charge is 0.497 e. The molecular weight excluding hydrogens is 218 g/mol. The molecule has 1 aromatic carbocycles. The minimum absolute atomic E-state index is 0.255. The smallest absolute Gasteiger partial charge is 0.231 e. The van der Waals surface area contributed by atoms with Gasteiger partial charge in [0.05, 0.1) is 12.8 Å². The zero-order valence-electron chi connectivity index (χ0n) is 9.52. The van der Waals surface area contributed by atoms with Crippen molar-refractivity contribution in [2.75, 3.05) is 18.7 Å². The van der Waals surface area contributed by atoms with Crippen LogP contribution in [0.4, 0.5) is 5.69 Å². The molecule has 0 spiro atoms. The average molecular weight is 233 g/mol. The average Bonchev–Trinajstić information content (AvgIpc) is 2.85. The molecule has 0 radical (unpaired) electrons. The summed E-state index contributed by atoms with van der Waals surface area (Å²) in [5.74, 6) is 1.62. The monoisotopic (exact) mass is 233 g/mol. The van der Waals surface area contributed by atoms with Gasteiger partial charge in [-0.05, 0) is 31.1 Å². The molecule has 1 aromatic rings. The van der Waals surface area contributed by atoms with E-state index in [0.717, 1.165) is 36.6 Å². The van der Waals surface area contributed by atoms with Crippen molar-refractivity contribution in [1.82, 2.24) is 0 Å². The number of rotatable bonds is 3. The van der Waals surface area contributed by atoms with Crippen molar-refractivity contribution in [2.24, 2.45) is 0 Å². The maximum atomic E-state index is 5.49. The van der Waals surface area contributed by atoms with E-state index in [9.17, 15) is 0 Å². The number of ether oxygens (including phenoxy) is 3. The van der Waals surface area contributed by atoms with E-state index in [1.54, 1.807) is 6.26 Å². The molecule has 0 saturated heterocycles. The lowest BCUT2D eigenvalue weighted by Crippen LogP contribution is -2.22. The van der Waals surface area contributed by atoms with Crippen molar-refractivity contribution in [1.29, 1.82) is 0 Å². The van der Waals surface area contributed by atoms with Crippen molar-refractivity contribution in [3.8, 4) is 11.5 Å². The molecule has 0 aliphatic carbocycles. The molecule has 2 heterocycles. The summed E-state index contributed by atoms with van der Waals surface area (Å²) in [5.41, 5.74) is 1.03. The highest BCUT2D eigenvalue weighted by Gasteiger charge is 2.14. The van der Waals surface area contributed by atoms with Gasteiger partial charge >= 0.3 is 0 Å². The Hall–Kier alpha value is -1.84. The molecule has 1 unspecified atom stereocenters. The van der Waals surface area contributed by atoms with Gasteiger partial charge in [-0.2, -0.15) is 0 Å². The first kappa shape index (κ1) is 10.3. The van der Waals surface area contributed by atoms with E-state index in [1.807, 2.05) is 18.2 Å². The molecule has 4 nitrogen and oxygen atoms in total. The fourth-order valence-corrected chi connectivity index (χ4v) is 1.97. The third kappa shape index (κ3) is 2.30. The minimum Gasteiger partial charge on any atom is -0.497 e. The molecule has 0 amide bonds. The number of allylic oxidation sites excluding steroid dienone is 1. The topological polar surface area (TPSA) is 39.7 Å². The van der Waals surface area contributed by atoms with E-state index in [-0.39, 0.29) is 6.10 Å². The highest BCUT2D eigenvalue weighted by molar-refractivity contribution is 5.55. The van der Waals surface area contributed by atoms with Crippen LogP contribution in [0.2, 0.25) is 0 Å². The van der Waals surface area contributed by atoms with Crippen LogP contribution < -0.4 is 14.8 Å². The molecule has 3 rings (SSSR count). The number of hydrogen-bond donors (Lipinski definition) is 1. The summed E-state index contributed by atoms with van der Waals surface area (Å²) in [4.78, 5) is 0. The van der Waals surface area contributed by atoms with Crippen LogP contribution in [-0.2, 0) is 4.74 Å². The molecule has 17 heavy (non-hydrogen) atoms. The van der Waals surface area contributed by atoms with Crippen LogP contribution in [0.3, 0.4) is 0 Å². The summed E-state index contributed by atoms with van der Waals surface area (Å²) in [6.07, 6.45) is 6.25. The fraction of sp³-hybridized carbons (Fsp3) is 0.385. The molecule has 0 saturated carbocycles. The van der Waals surface area contributed by atoms with Gasteiger partial charge in [0, 0.05) is 11.8 Å². The van der Waals surface area contributed by atoms with E-state index >= 15 is 0 Å². The Morgan fingerprint density at radius 2 is 2.18 bits per heavy atom. The number of anilines is 1. The van der Waals surface area contributed by atoms with Crippen LogP contribution in [-0.4, -0.2) is 19.4 Å². The molecule has 2 aliphatic heterocycles. The molecule has 1 N–H and O–H groups in total. The predicted octanol–water partition coefficient (Wildman–Crippen LogP) is 2.52. The lowest BCUT2D eigenvalue weighted by atomic mass is 10.1. The Morgan fingerprint density at radius 3 is 3.06 bits per heavy atom. The maximum absolute atomic E-state index is 5.49. The van der Waals surface area contributed by atoms with Gasteiger partial charge < -0.3 is 19.5 Å². The highest BCUT2D eigenvalue weighted by atomic mass is 16.7. The van der Waals surface area contributed by atoms with Crippen LogP contribution >= 0.6 is 0 Å². The Balaban J connectivity index is 1.59. The molecule has 0 fully saturated rings. The molecule has 0 bridgehead atoms. The van der Waals surface area contributed by atoms with Gasteiger partial charge in [0.2, 0.25) is 6.79 Å². The third-order valence-corrected chi connectivity index (χ3v) is 2.93. The zero-order valence-corrected chi connectivity index (χ0v) is 9.52. The van der Waals surface area contributed by atoms with Crippen molar-refractivity contribution in [3.05, 3.63) is 30.5 Å². The predicted molar refractivity (Wildman–Crippen MR) is 64.3 cm³/mol. The number of nitrogens with one attached hydrogen (secondary N) is 1. The minimum atomic E-state index is 0.255. The van der Waals surface area contributed by atoms with Gasteiger partial charge in [-0.15, -0.1) is 0 Å². The highest BCUT2D eigenvalue weighted by Crippen LogP contribution is 2.34. The normalized spacial score (nSPS) is 21.1. The van der Waals surface area contributed by atoms with Crippen LogP contribution in [0, 0.1) is 0 Å². The standard InChI is InChI=1S/C13H15NO3/c1-2-6-15-11(3-1)8-14-10-4-5-12-13(7-10)17-9-16-12/h2,4-7,11,14H,1,3,8-9H2. The molecule has 1 atom stereocenters. The molecule has 2 aliphatic rings. The van der Waals surface area contributed by atoms with E-state index in [4.69, 9.17) is 14.2 Å². The summed E-state index contributed by atoms with van der Waals surface area (Å²) in [6.45, 7) is 1.12. The van der Waals surface area contributed by atoms with Crippen LogP contribution in [0.15, 0.2) is 30.5 Å². The Bertz CT molecular complexity index is 431. The van der Waals surface area contributed by atoms with Gasteiger partial charge in [0.25, 0.3) is 0 Å². The van der Waals surface area contributed by atoms with Gasteiger partial charge in [0.1, 0.15) is 6.10 Å². The first-order valence-corrected chi connectivity index (χ1v) is 5.86. The Morgan fingerprint density at radius 1 is 1.24 bits per heavy atom. The first-order chi connectivity index (χ1) is 8.42. The summed E-state index contributed by atoms with van der Waals surface area (Å²) >= 11 is 0. The zero-order chi connectivity index (χ0) is 11.5. The van der Waals surface area contributed by atoms with Crippen LogP contribution in [0.25, 0.3) is 0 Å². The van der Waals surface area contributed by atoms with Gasteiger partial charge in [-0.3, -0.25) is 0 Å². The number of fused-ring (bicyclic) bond motifs is 1. The number of hydrogen-bond acceptors (Lipinski definition) is 4. The van der Waals surface area contributed by atoms with Crippen molar-refractivity contribution in [2.45, 2.75) is 18.9 Å². The molecule has 4 heteroatoms. The van der Waals surface area contributed by atoms with Crippen molar-refractivity contribution in [3.63, 3.8) is 0 Å². The second-order valence-corrected chi connectivity index (χ2v) is 4.16. The van der Waals surface area contributed by atoms with Gasteiger partial charge in [0.15, 0.2) is 11.5 Å². The third-order valence-electron chi connectivity index (χ3n) is 2.93. The van der Waals surface area contributed by atoms with E-state index in [1.165, 1.54) is 0 Å². The van der Waals surface area contributed by atoms with Crippen LogP contribution in [0.5, 0.6) is 11.5 Å². The number of benzene rings is 1. The Kier molecular flexibility index (Phi) is 2.78. The maximum Gasteiger partial charge on any atom is 0.231 e. The van der Waals surface area contributed by atoms with Gasteiger partial charge in [-0.25, -0.2) is 0 Å². The second kappa shape index (κ2) is 4.57. The first-order valence-electron chi connectivity index (χ1n) is 5.86. The summed E-state index contributed by atoms with van der Waals surface area (Å²) < 4.78 is 16.1. The summed E-state index contributed by atoms with van der Waals surface area (Å²) in [6, 6.07) is 5.87. The van der Waals surface area contributed by atoms with Crippen molar-refractivity contribution < 1.29 is 14.2 Å². The van der Waals surface area contributed by atoms with Crippen LogP contribution in [0.1, 0.15) is 12.8 Å². The summed E-state index contributed by atoms with van der Waals surface area (Å²) in [7, 11) is 0. The van der Waals surface area contributed by atoms with E-state index in [0.29, 0.717) is 6.79 Å². The second-order valence-electron chi connectivity index (χ2n) is 4.16. The fourth-order valence-electron chi connectivity index (χ4n) is 1.97. The van der Waals surface area contributed by atoms with E-state index in [2.05, 4.69) is 11.4 Å². The van der Waals surface area contributed by atoms with Gasteiger partial charge in [-0.1, -0.05) is 0 Å². The quantitative estimate of drug-likeness (QED) is 0.870. The molecule has 90 valence electrons. The molecule has 0 aromatic heterocycles. The van der Waals surface area contributed by atoms with Crippen molar-refractivity contribution >= 4 is 5.69 Å².